The van der Waals surface area contributed by atoms with Crippen LogP contribution in [0.15, 0.2) is 29.0 Å². The number of benzene rings is 1. The molecule has 0 saturated carbocycles. The van der Waals surface area contributed by atoms with Crippen LogP contribution in [0.25, 0.3) is 11.3 Å². The summed E-state index contributed by atoms with van der Waals surface area (Å²) in [5.41, 5.74) is 0.759. The van der Waals surface area contributed by atoms with Gasteiger partial charge in [0, 0.05) is 5.56 Å². The molecule has 0 bridgehead atoms. The van der Waals surface area contributed by atoms with Crippen molar-refractivity contribution in [2.24, 2.45) is 0 Å². The molecule has 0 radical (unpaired) electrons. The van der Waals surface area contributed by atoms with Gasteiger partial charge in [-0.1, -0.05) is 11.6 Å². The Morgan fingerprint density at radius 2 is 2.26 bits per heavy atom. The molecule has 6 heteroatoms. The first-order chi connectivity index (χ1) is 9.17. The summed E-state index contributed by atoms with van der Waals surface area (Å²) in [7, 11) is 1.53. The maximum atomic E-state index is 11.7. The van der Waals surface area contributed by atoms with Crippen LogP contribution in [0.4, 0.5) is 0 Å². The number of methoxy groups -OCH3 is 1. The third-order valence-corrected chi connectivity index (χ3v) is 2.75. The van der Waals surface area contributed by atoms with Crippen LogP contribution in [0.1, 0.15) is 17.4 Å². The molecule has 0 unspecified atom stereocenters. The number of aromatic nitrogens is 1. The molecular formula is C13H12ClNO4. The highest BCUT2D eigenvalue weighted by molar-refractivity contribution is 6.32. The van der Waals surface area contributed by atoms with E-state index in [1.807, 2.05) is 0 Å². The fourth-order valence-electron chi connectivity index (χ4n) is 1.60. The van der Waals surface area contributed by atoms with E-state index in [1.54, 1.807) is 25.1 Å². The van der Waals surface area contributed by atoms with Crippen LogP contribution in [0.2, 0.25) is 5.02 Å². The first-order valence-electron chi connectivity index (χ1n) is 5.62. The number of carbonyl (C=O) groups excluding carboxylic acids is 1. The Morgan fingerprint density at radius 3 is 2.89 bits per heavy atom. The molecule has 0 N–H and O–H groups in total. The standard InChI is InChI=1S/C13H12ClNO4/c1-3-18-13(16)11-12(19-7-15-11)8-4-5-10(17-2)9(14)6-8/h4-7H,3H2,1-2H3. The zero-order valence-corrected chi connectivity index (χ0v) is 11.2. The van der Waals surface area contributed by atoms with E-state index < -0.39 is 5.97 Å². The van der Waals surface area contributed by atoms with Gasteiger partial charge in [-0.2, -0.15) is 0 Å². The third-order valence-electron chi connectivity index (χ3n) is 2.45. The second-order valence-electron chi connectivity index (χ2n) is 3.60. The molecule has 0 amide bonds. The number of rotatable bonds is 4. The van der Waals surface area contributed by atoms with Crippen molar-refractivity contribution in [1.82, 2.24) is 4.98 Å². The topological polar surface area (TPSA) is 61.6 Å². The van der Waals surface area contributed by atoms with Crippen LogP contribution in [0, 0.1) is 0 Å². The highest BCUT2D eigenvalue weighted by Crippen LogP contribution is 2.31. The maximum absolute atomic E-state index is 11.7. The molecule has 5 nitrogen and oxygen atoms in total. The minimum Gasteiger partial charge on any atom is -0.495 e. The third kappa shape index (κ3) is 2.71. The summed E-state index contributed by atoms with van der Waals surface area (Å²) < 4.78 is 15.2. The molecule has 0 fully saturated rings. The predicted octanol–water partition coefficient (Wildman–Crippen LogP) is 3.18. The minimum atomic E-state index is -0.529. The van der Waals surface area contributed by atoms with Crippen LogP contribution < -0.4 is 4.74 Å². The van der Waals surface area contributed by atoms with Crippen molar-refractivity contribution in [3.8, 4) is 17.1 Å². The summed E-state index contributed by atoms with van der Waals surface area (Å²) in [6, 6.07) is 5.06. The van der Waals surface area contributed by atoms with E-state index in [1.165, 1.54) is 13.5 Å². The highest BCUT2D eigenvalue weighted by atomic mass is 35.5. The number of halogens is 1. The molecule has 0 atom stereocenters. The molecule has 1 aromatic carbocycles. The largest absolute Gasteiger partial charge is 0.495 e. The van der Waals surface area contributed by atoms with Crippen LogP contribution in [0.3, 0.4) is 0 Å². The Kier molecular flexibility index (Phi) is 4.06. The van der Waals surface area contributed by atoms with E-state index in [9.17, 15) is 4.79 Å². The molecule has 0 aliphatic heterocycles. The Hall–Kier alpha value is -2.01. The Bertz CT molecular complexity index is 594. The molecule has 100 valence electrons. The summed E-state index contributed by atoms with van der Waals surface area (Å²) in [6.45, 7) is 2.00. The minimum absolute atomic E-state index is 0.128. The lowest BCUT2D eigenvalue weighted by molar-refractivity contribution is 0.0520. The Morgan fingerprint density at radius 1 is 1.47 bits per heavy atom. The van der Waals surface area contributed by atoms with Crippen molar-refractivity contribution in [1.29, 1.82) is 0 Å². The zero-order chi connectivity index (χ0) is 13.8. The number of hydrogen-bond acceptors (Lipinski definition) is 5. The van der Waals surface area contributed by atoms with Gasteiger partial charge < -0.3 is 13.9 Å². The predicted molar refractivity (Wildman–Crippen MR) is 69.5 cm³/mol. The number of hydrogen-bond donors (Lipinski definition) is 0. The van der Waals surface area contributed by atoms with Crippen molar-refractivity contribution in [2.45, 2.75) is 6.92 Å². The molecule has 0 spiro atoms. The van der Waals surface area contributed by atoms with Gasteiger partial charge in [-0.3, -0.25) is 0 Å². The van der Waals surface area contributed by atoms with Gasteiger partial charge in [0.2, 0.25) is 0 Å². The quantitative estimate of drug-likeness (QED) is 0.806. The monoisotopic (exact) mass is 281 g/mol. The summed E-state index contributed by atoms with van der Waals surface area (Å²) >= 11 is 6.04. The molecule has 2 aromatic rings. The van der Waals surface area contributed by atoms with Gasteiger partial charge in [0.05, 0.1) is 18.7 Å². The fraction of sp³-hybridized carbons (Fsp3) is 0.231. The fourth-order valence-corrected chi connectivity index (χ4v) is 1.86. The second-order valence-corrected chi connectivity index (χ2v) is 4.01. The number of carbonyl (C=O) groups is 1. The van der Waals surface area contributed by atoms with Crippen molar-refractivity contribution in [2.75, 3.05) is 13.7 Å². The maximum Gasteiger partial charge on any atom is 0.360 e. The van der Waals surface area contributed by atoms with Crippen molar-refractivity contribution in [3.63, 3.8) is 0 Å². The molecule has 2 rings (SSSR count). The first-order valence-corrected chi connectivity index (χ1v) is 5.99. The smallest absolute Gasteiger partial charge is 0.360 e. The average Bonchev–Trinajstić information content (AvgIpc) is 2.88. The van der Waals surface area contributed by atoms with E-state index in [-0.39, 0.29) is 12.3 Å². The lowest BCUT2D eigenvalue weighted by atomic mass is 10.1. The van der Waals surface area contributed by atoms with Crippen LogP contribution in [-0.4, -0.2) is 24.7 Å². The van der Waals surface area contributed by atoms with Gasteiger partial charge in [-0.05, 0) is 25.1 Å². The normalized spacial score (nSPS) is 10.3. The van der Waals surface area contributed by atoms with E-state index in [0.717, 1.165) is 0 Å². The molecule has 0 saturated heterocycles. The molecule has 0 aliphatic rings. The van der Waals surface area contributed by atoms with Gasteiger partial charge in [-0.15, -0.1) is 0 Å². The van der Waals surface area contributed by atoms with Crippen molar-refractivity contribution in [3.05, 3.63) is 35.3 Å². The lowest BCUT2D eigenvalue weighted by Gasteiger charge is -2.05. The van der Waals surface area contributed by atoms with Gasteiger partial charge in [0.1, 0.15) is 5.75 Å². The SMILES string of the molecule is CCOC(=O)c1ncoc1-c1ccc(OC)c(Cl)c1. The van der Waals surface area contributed by atoms with E-state index in [0.29, 0.717) is 22.1 Å². The summed E-state index contributed by atoms with van der Waals surface area (Å²) in [5, 5.41) is 0.422. The number of oxazole rings is 1. The second kappa shape index (κ2) is 5.75. The molecule has 1 heterocycles. The molecule has 19 heavy (non-hydrogen) atoms. The number of nitrogens with zero attached hydrogens (tertiary/aromatic N) is 1. The summed E-state index contributed by atoms with van der Waals surface area (Å²) in [5.74, 6) is 0.337. The Labute approximate surface area is 115 Å². The average molecular weight is 282 g/mol. The molecular weight excluding hydrogens is 270 g/mol. The Balaban J connectivity index is 2.40. The van der Waals surface area contributed by atoms with E-state index in [2.05, 4.69) is 4.98 Å². The first kappa shape index (κ1) is 13.4. The van der Waals surface area contributed by atoms with E-state index >= 15 is 0 Å². The summed E-state index contributed by atoms with van der Waals surface area (Å²) in [6.07, 6.45) is 1.19. The molecule has 1 aromatic heterocycles. The highest BCUT2D eigenvalue weighted by Gasteiger charge is 2.20. The van der Waals surface area contributed by atoms with Crippen LogP contribution >= 0.6 is 11.6 Å². The molecule has 0 aliphatic carbocycles. The van der Waals surface area contributed by atoms with Crippen molar-refractivity contribution >= 4 is 17.6 Å². The van der Waals surface area contributed by atoms with Crippen LogP contribution in [-0.2, 0) is 4.74 Å². The van der Waals surface area contributed by atoms with E-state index in [4.69, 9.17) is 25.5 Å². The van der Waals surface area contributed by atoms with Crippen LogP contribution in [0.5, 0.6) is 5.75 Å². The lowest BCUT2D eigenvalue weighted by Crippen LogP contribution is -2.06. The van der Waals surface area contributed by atoms with Crippen molar-refractivity contribution < 1.29 is 18.7 Å². The van der Waals surface area contributed by atoms with Gasteiger partial charge in [-0.25, -0.2) is 9.78 Å². The van der Waals surface area contributed by atoms with Gasteiger partial charge in [0.15, 0.2) is 17.8 Å². The summed E-state index contributed by atoms with van der Waals surface area (Å²) in [4.78, 5) is 15.6. The van der Waals surface area contributed by atoms with Gasteiger partial charge in [0.25, 0.3) is 0 Å². The zero-order valence-electron chi connectivity index (χ0n) is 10.5. The number of esters is 1. The number of ether oxygens (including phenoxy) is 2. The van der Waals surface area contributed by atoms with Gasteiger partial charge >= 0.3 is 5.97 Å².